The highest BCUT2D eigenvalue weighted by molar-refractivity contribution is 7.89. The Balaban J connectivity index is 2.04. The van der Waals surface area contributed by atoms with E-state index >= 15 is 0 Å². The van der Waals surface area contributed by atoms with Crippen LogP contribution in [0.25, 0.3) is 0 Å². The molecule has 0 saturated heterocycles. The largest absolute Gasteiger partial charge is 0.350 e. The van der Waals surface area contributed by atoms with Crippen LogP contribution < -0.4 is 5.32 Å². The molecule has 0 spiro atoms. The Hall–Kier alpha value is -2.14. The molecule has 1 atom stereocenters. The van der Waals surface area contributed by atoms with Crippen LogP contribution in [0.2, 0.25) is 0 Å². The minimum absolute atomic E-state index is 0.0173. The number of hydrogen-bond donors (Lipinski definition) is 1. The van der Waals surface area contributed by atoms with Crippen LogP contribution in [0.5, 0.6) is 0 Å². The summed E-state index contributed by atoms with van der Waals surface area (Å²) >= 11 is 0. The van der Waals surface area contributed by atoms with E-state index < -0.39 is 9.84 Å². The van der Waals surface area contributed by atoms with Gasteiger partial charge in [-0.3, -0.25) is 4.79 Å². The fourth-order valence-electron chi connectivity index (χ4n) is 3.24. The molecule has 0 bridgehead atoms. The predicted octanol–water partition coefficient (Wildman–Crippen LogP) is 3.72. The third kappa shape index (κ3) is 5.99. The normalized spacial score (nSPS) is 13.2. The Morgan fingerprint density at radius 2 is 1.73 bits per heavy atom. The van der Waals surface area contributed by atoms with E-state index in [1.165, 1.54) is 11.8 Å². The summed E-state index contributed by atoms with van der Waals surface area (Å²) in [6.45, 7) is 6.32. The van der Waals surface area contributed by atoms with Crippen LogP contribution in [0.1, 0.15) is 48.7 Å². The number of carbonyl (C=O) groups is 1. The van der Waals surface area contributed by atoms with E-state index in [-0.39, 0.29) is 23.1 Å². The SMILES string of the molecule is CC(CC(C)(C)c1ccccc1)NC(=O)c1cccc(CS(C)(=O)=O)c1. The fraction of sp³-hybridized carbons (Fsp3) is 0.381. The maximum absolute atomic E-state index is 12.5. The predicted molar refractivity (Wildman–Crippen MR) is 106 cm³/mol. The average molecular weight is 374 g/mol. The zero-order chi connectivity index (χ0) is 19.4. The molecule has 0 radical (unpaired) electrons. The van der Waals surface area contributed by atoms with Gasteiger partial charge in [0.25, 0.3) is 5.91 Å². The summed E-state index contributed by atoms with van der Waals surface area (Å²) < 4.78 is 22.9. The fourth-order valence-corrected chi connectivity index (χ4v) is 4.02. The van der Waals surface area contributed by atoms with Gasteiger partial charge in [-0.15, -0.1) is 0 Å². The van der Waals surface area contributed by atoms with Gasteiger partial charge in [0.2, 0.25) is 0 Å². The van der Waals surface area contributed by atoms with Crippen molar-refractivity contribution in [3.8, 4) is 0 Å². The van der Waals surface area contributed by atoms with E-state index in [9.17, 15) is 13.2 Å². The molecule has 1 N–H and O–H groups in total. The number of carbonyl (C=O) groups excluding carboxylic acids is 1. The van der Waals surface area contributed by atoms with Gasteiger partial charge in [-0.05, 0) is 42.0 Å². The van der Waals surface area contributed by atoms with Crippen LogP contribution in [0.15, 0.2) is 54.6 Å². The number of benzene rings is 2. The van der Waals surface area contributed by atoms with Crippen LogP contribution >= 0.6 is 0 Å². The molecule has 0 fully saturated rings. The van der Waals surface area contributed by atoms with Crippen LogP contribution in [-0.4, -0.2) is 26.6 Å². The van der Waals surface area contributed by atoms with Gasteiger partial charge in [-0.2, -0.15) is 0 Å². The Bertz CT molecular complexity index is 858. The van der Waals surface area contributed by atoms with Crippen LogP contribution in [0, 0.1) is 0 Å². The number of nitrogens with one attached hydrogen (secondary N) is 1. The van der Waals surface area contributed by atoms with Crippen molar-refractivity contribution in [2.75, 3.05) is 6.26 Å². The minimum atomic E-state index is -3.13. The van der Waals surface area contributed by atoms with E-state index in [1.807, 2.05) is 25.1 Å². The van der Waals surface area contributed by atoms with E-state index in [1.54, 1.807) is 24.3 Å². The summed E-state index contributed by atoms with van der Waals surface area (Å²) in [5.41, 5.74) is 2.27. The maximum atomic E-state index is 12.5. The van der Waals surface area contributed by atoms with Gasteiger partial charge >= 0.3 is 0 Å². The molecular weight excluding hydrogens is 346 g/mol. The van der Waals surface area contributed by atoms with Crippen LogP contribution in [0.3, 0.4) is 0 Å². The Kier molecular flexibility index (Phi) is 6.24. The first-order valence-corrected chi connectivity index (χ1v) is 10.8. The molecule has 140 valence electrons. The first-order valence-electron chi connectivity index (χ1n) is 8.70. The summed E-state index contributed by atoms with van der Waals surface area (Å²) in [4.78, 5) is 12.5. The number of rotatable bonds is 7. The standard InChI is InChI=1S/C21H27NO3S/c1-16(14-21(2,3)19-11-6-5-7-12-19)22-20(23)18-10-8-9-17(13-18)15-26(4,24)25/h5-13,16H,14-15H2,1-4H3,(H,22,23). The number of hydrogen-bond acceptors (Lipinski definition) is 3. The van der Waals surface area contributed by atoms with Gasteiger partial charge in [0.05, 0.1) is 5.75 Å². The van der Waals surface area contributed by atoms with Gasteiger partial charge < -0.3 is 5.32 Å². The Morgan fingerprint density at radius 3 is 2.35 bits per heavy atom. The first kappa shape index (κ1) is 20.2. The molecule has 0 saturated carbocycles. The Labute approximate surface area is 156 Å². The minimum Gasteiger partial charge on any atom is -0.350 e. The van der Waals surface area contributed by atoms with E-state index in [4.69, 9.17) is 0 Å². The van der Waals surface area contributed by atoms with E-state index in [0.717, 1.165) is 6.42 Å². The molecule has 0 aliphatic heterocycles. The van der Waals surface area contributed by atoms with E-state index in [0.29, 0.717) is 11.1 Å². The zero-order valence-electron chi connectivity index (χ0n) is 15.8. The molecule has 1 amide bonds. The van der Waals surface area contributed by atoms with Crippen molar-refractivity contribution < 1.29 is 13.2 Å². The summed E-state index contributed by atoms with van der Waals surface area (Å²) in [6.07, 6.45) is 1.99. The van der Waals surface area contributed by atoms with Gasteiger partial charge in [0.15, 0.2) is 9.84 Å². The van der Waals surface area contributed by atoms with Gasteiger partial charge in [0.1, 0.15) is 0 Å². The highest BCUT2D eigenvalue weighted by atomic mass is 32.2. The van der Waals surface area contributed by atoms with Crippen molar-refractivity contribution >= 4 is 15.7 Å². The monoisotopic (exact) mass is 373 g/mol. The molecule has 2 aromatic carbocycles. The van der Waals surface area contributed by atoms with E-state index in [2.05, 4.69) is 31.3 Å². The van der Waals surface area contributed by atoms with Gasteiger partial charge in [-0.1, -0.05) is 56.3 Å². The molecule has 0 aliphatic carbocycles. The Morgan fingerprint density at radius 1 is 1.08 bits per heavy atom. The molecule has 5 heteroatoms. The zero-order valence-corrected chi connectivity index (χ0v) is 16.6. The average Bonchev–Trinajstić information content (AvgIpc) is 2.53. The highest BCUT2D eigenvalue weighted by Crippen LogP contribution is 2.28. The molecule has 26 heavy (non-hydrogen) atoms. The maximum Gasteiger partial charge on any atom is 0.251 e. The summed E-state index contributed by atoms with van der Waals surface area (Å²) in [6, 6.07) is 17.0. The van der Waals surface area contributed by atoms with Crippen molar-refractivity contribution in [1.29, 1.82) is 0 Å². The first-order chi connectivity index (χ1) is 12.1. The van der Waals surface area contributed by atoms with Crippen molar-refractivity contribution in [3.05, 3.63) is 71.3 Å². The summed E-state index contributed by atoms with van der Waals surface area (Å²) in [5, 5.41) is 3.02. The molecule has 0 heterocycles. The molecule has 4 nitrogen and oxygen atoms in total. The van der Waals surface area contributed by atoms with Gasteiger partial charge in [0, 0.05) is 17.9 Å². The third-order valence-corrected chi connectivity index (χ3v) is 5.22. The van der Waals surface area contributed by atoms with Crippen LogP contribution in [-0.2, 0) is 21.0 Å². The molecule has 2 rings (SSSR count). The second kappa shape index (κ2) is 8.04. The second-order valence-electron chi connectivity index (χ2n) is 7.60. The lowest BCUT2D eigenvalue weighted by molar-refractivity contribution is 0.0934. The van der Waals surface area contributed by atoms with Gasteiger partial charge in [-0.25, -0.2) is 8.42 Å². The summed E-state index contributed by atoms with van der Waals surface area (Å²) in [7, 11) is -3.13. The smallest absolute Gasteiger partial charge is 0.251 e. The third-order valence-electron chi connectivity index (χ3n) is 4.37. The quantitative estimate of drug-likeness (QED) is 0.804. The summed E-state index contributed by atoms with van der Waals surface area (Å²) in [5.74, 6) is -0.248. The lowest BCUT2D eigenvalue weighted by Crippen LogP contribution is -2.37. The van der Waals surface area contributed by atoms with Crippen molar-refractivity contribution in [2.45, 2.75) is 44.4 Å². The topological polar surface area (TPSA) is 63.2 Å². The van der Waals surface area contributed by atoms with Crippen molar-refractivity contribution in [1.82, 2.24) is 5.32 Å². The lowest BCUT2D eigenvalue weighted by atomic mass is 9.79. The van der Waals surface area contributed by atoms with Crippen molar-refractivity contribution in [2.24, 2.45) is 0 Å². The lowest BCUT2D eigenvalue weighted by Gasteiger charge is -2.29. The van der Waals surface area contributed by atoms with Crippen molar-refractivity contribution in [3.63, 3.8) is 0 Å². The molecule has 2 aromatic rings. The molecule has 0 aromatic heterocycles. The second-order valence-corrected chi connectivity index (χ2v) is 9.74. The highest BCUT2D eigenvalue weighted by Gasteiger charge is 2.24. The molecule has 0 aliphatic rings. The van der Waals surface area contributed by atoms with Crippen LogP contribution in [0.4, 0.5) is 0 Å². The number of amides is 1. The molecule has 1 unspecified atom stereocenters. The number of sulfone groups is 1. The molecular formula is C21H27NO3S.